The molecule has 0 bridgehead atoms. The number of piperidine rings is 1. The smallest absolute Gasteiger partial charge is 0.236 e. The van der Waals surface area contributed by atoms with E-state index in [1.807, 2.05) is 4.90 Å². The van der Waals surface area contributed by atoms with Crippen LogP contribution in [0.4, 0.5) is 5.82 Å². The summed E-state index contributed by atoms with van der Waals surface area (Å²) in [6.07, 6.45) is 6.82. The molecular weight excluding hydrogens is 302 g/mol. The van der Waals surface area contributed by atoms with Gasteiger partial charge in [0.05, 0.1) is 18.9 Å². The second-order valence-corrected chi connectivity index (χ2v) is 6.29. The molecule has 0 aromatic carbocycles. The van der Waals surface area contributed by atoms with Crippen LogP contribution in [0.3, 0.4) is 0 Å². The summed E-state index contributed by atoms with van der Waals surface area (Å²) in [4.78, 5) is 27.1. The van der Waals surface area contributed by atoms with Gasteiger partial charge in [-0.05, 0) is 19.3 Å². The number of likely N-dealkylation sites (tertiary alicyclic amines) is 1. The van der Waals surface area contributed by atoms with Crippen molar-refractivity contribution in [2.75, 3.05) is 50.7 Å². The summed E-state index contributed by atoms with van der Waals surface area (Å²) in [5.74, 6) is 1.09. The molecule has 0 N–H and O–H groups in total. The van der Waals surface area contributed by atoms with Gasteiger partial charge < -0.3 is 9.80 Å². The van der Waals surface area contributed by atoms with Crippen molar-refractivity contribution in [1.82, 2.24) is 19.8 Å². The quantitative estimate of drug-likeness (QED) is 0.838. The van der Waals surface area contributed by atoms with E-state index in [1.54, 1.807) is 12.4 Å². The highest BCUT2D eigenvalue weighted by molar-refractivity contribution is 6.29. The first kappa shape index (κ1) is 15.5. The van der Waals surface area contributed by atoms with Crippen LogP contribution in [0.25, 0.3) is 0 Å². The highest BCUT2D eigenvalue weighted by atomic mass is 35.5. The van der Waals surface area contributed by atoms with Crippen LogP contribution in [0, 0.1) is 0 Å². The van der Waals surface area contributed by atoms with E-state index in [-0.39, 0.29) is 5.91 Å². The molecule has 1 aromatic rings. The number of rotatable bonds is 3. The number of anilines is 1. The molecule has 0 spiro atoms. The minimum absolute atomic E-state index is 0.274. The van der Waals surface area contributed by atoms with Gasteiger partial charge >= 0.3 is 0 Å². The number of hydrogen-bond acceptors (Lipinski definition) is 5. The van der Waals surface area contributed by atoms with Crippen LogP contribution in [0.2, 0.25) is 5.15 Å². The van der Waals surface area contributed by atoms with Crippen molar-refractivity contribution in [2.24, 2.45) is 0 Å². The van der Waals surface area contributed by atoms with E-state index >= 15 is 0 Å². The summed E-state index contributed by atoms with van der Waals surface area (Å²) in [6, 6.07) is 0. The van der Waals surface area contributed by atoms with Crippen LogP contribution in [0.5, 0.6) is 0 Å². The lowest BCUT2D eigenvalue weighted by molar-refractivity contribution is -0.133. The summed E-state index contributed by atoms with van der Waals surface area (Å²) in [7, 11) is 0. The number of carbonyl (C=O) groups excluding carboxylic acids is 1. The Morgan fingerprint density at radius 1 is 1.05 bits per heavy atom. The van der Waals surface area contributed by atoms with Gasteiger partial charge in [0, 0.05) is 39.3 Å². The number of piperazine rings is 1. The first-order valence-corrected chi connectivity index (χ1v) is 8.33. The zero-order valence-electron chi connectivity index (χ0n) is 12.7. The highest BCUT2D eigenvalue weighted by Gasteiger charge is 2.23. The van der Waals surface area contributed by atoms with Gasteiger partial charge in [-0.2, -0.15) is 0 Å². The third kappa shape index (κ3) is 3.87. The van der Waals surface area contributed by atoms with Crippen LogP contribution < -0.4 is 4.90 Å². The van der Waals surface area contributed by atoms with Crippen LogP contribution in [-0.4, -0.2) is 71.5 Å². The van der Waals surface area contributed by atoms with Gasteiger partial charge in [0.15, 0.2) is 0 Å². The molecule has 0 atom stereocenters. The Hall–Kier alpha value is -1.40. The summed E-state index contributed by atoms with van der Waals surface area (Å²) < 4.78 is 0. The van der Waals surface area contributed by atoms with E-state index in [4.69, 9.17) is 11.6 Å². The summed E-state index contributed by atoms with van der Waals surface area (Å²) in [5.41, 5.74) is 0. The van der Waals surface area contributed by atoms with Crippen molar-refractivity contribution < 1.29 is 4.79 Å². The maximum atomic E-state index is 12.3. The Bertz CT molecular complexity index is 512. The number of aromatic nitrogens is 2. The van der Waals surface area contributed by atoms with E-state index in [2.05, 4.69) is 19.8 Å². The number of nitrogens with zero attached hydrogens (tertiary/aromatic N) is 5. The molecule has 120 valence electrons. The number of halogens is 1. The minimum Gasteiger partial charge on any atom is -0.353 e. The molecule has 1 aromatic heterocycles. The Morgan fingerprint density at radius 3 is 2.45 bits per heavy atom. The van der Waals surface area contributed by atoms with Gasteiger partial charge in [-0.1, -0.05) is 11.6 Å². The fourth-order valence-electron chi connectivity index (χ4n) is 3.05. The minimum atomic E-state index is 0.274. The molecule has 0 saturated carbocycles. The first-order chi connectivity index (χ1) is 10.7. The Kier molecular flexibility index (Phi) is 5.10. The van der Waals surface area contributed by atoms with Crippen molar-refractivity contribution in [3.8, 4) is 0 Å². The Labute approximate surface area is 136 Å². The highest BCUT2D eigenvalue weighted by Crippen LogP contribution is 2.15. The average Bonchev–Trinajstić information content (AvgIpc) is 2.56. The molecule has 3 rings (SSSR count). The maximum absolute atomic E-state index is 12.3. The molecule has 1 amide bonds. The number of hydrogen-bond donors (Lipinski definition) is 0. The van der Waals surface area contributed by atoms with E-state index in [0.717, 1.165) is 57.9 Å². The normalized spacial score (nSPS) is 20.2. The zero-order chi connectivity index (χ0) is 15.4. The largest absolute Gasteiger partial charge is 0.353 e. The molecule has 2 fully saturated rings. The Balaban J connectivity index is 1.48. The SMILES string of the molecule is O=C(CN1CCN(c2cncc(Cl)n2)CC1)N1CCCCC1. The van der Waals surface area contributed by atoms with Gasteiger partial charge in [-0.15, -0.1) is 0 Å². The van der Waals surface area contributed by atoms with Crippen LogP contribution in [-0.2, 0) is 4.79 Å². The molecular formula is C15H22ClN5O. The van der Waals surface area contributed by atoms with Crippen molar-refractivity contribution in [3.63, 3.8) is 0 Å². The van der Waals surface area contributed by atoms with Crippen LogP contribution >= 0.6 is 11.6 Å². The first-order valence-electron chi connectivity index (χ1n) is 7.95. The van der Waals surface area contributed by atoms with Crippen LogP contribution in [0.1, 0.15) is 19.3 Å². The van der Waals surface area contributed by atoms with Crippen molar-refractivity contribution in [3.05, 3.63) is 17.5 Å². The second-order valence-electron chi connectivity index (χ2n) is 5.90. The molecule has 2 saturated heterocycles. The van der Waals surface area contributed by atoms with Gasteiger partial charge in [0.1, 0.15) is 11.0 Å². The fourth-order valence-corrected chi connectivity index (χ4v) is 3.20. The van der Waals surface area contributed by atoms with Crippen molar-refractivity contribution >= 4 is 23.3 Å². The number of amides is 1. The monoisotopic (exact) mass is 323 g/mol. The molecule has 3 heterocycles. The maximum Gasteiger partial charge on any atom is 0.236 e. The molecule has 2 aliphatic rings. The molecule has 7 heteroatoms. The van der Waals surface area contributed by atoms with Gasteiger partial charge in [-0.3, -0.25) is 14.7 Å². The number of carbonyl (C=O) groups is 1. The molecule has 0 aliphatic carbocycles. The summed E-state index contributed by atoms with van der Waals surface area (Å²) in [6.45, 7) is 5.83. The predicted octanol–water partition coefficient (Wildman–Crippen LogP) is 1.26. The van der Waals surface area contributed by atoms with Crippen molar-refractivity contribution in [1.29, 1.82) is 0 Å². The van der Waals surface area contributed by atoms with E-state index < -0.39 is 0 Å². The van der Waals surface area contributed by atoms with E-state index in [0.29, 0.717) is 11.7 Å². The van der Waals surface area contributed by atoms with Gasteiger partial charge in [-0.25, -0.2) is 4.98 Å². The summed E-state index contributed by atoms with van der Waals surface area (Å²) >= 11 is 5.89. The summed E-state index contributed by atoms with van der Waals surface area (Å²) in [5, 5.41) is 0.417. The van der Waals surface area contributed by atoms with Crippen LogP contribution in [0.15, 0.2) is 12.4 Å². The predicted molar refractivity (Wildman–Crippen MR) is 86.1 cm³/mol. The molecule has 2 aliphatic heterocycles. The molecule has 0 radical (unpaired) electrons. The third-order valence-corrected chi connectivity index (χ3v) is 4.54. The lowest BCUT2D eigenvalue weighted by atomic mass is 10.1. The standard InChI is InChI=1S/C15H22ClN5O/c16-13-10-17-11-14(18-13)20-8-6-19(7-9-20)12-15(22)21-4-2-1-3-5-21/h10-11H,1-9,12H2. The second kappa shape index (κ2) is 7.24. The molecule has 0 unspecified atom stereocenters. The lowest BCUT2D eigenvalue weighted by Gasteiger charge is -2.36. The topological polar surface area (TPSA) is 52.6 Å². The van der Waals surface area contributed by atoms with Gasteiger partial charge in [0.25, 0.3) is 0 Å². The van der Waals surface area contributed by atoms with E-state index in [1.165, 1.54) is 6.42 Å². The lowest BCUT2D eigenvalue weighted by Crippen LogP contribution is -2.50. The van der Waals surface area contributed by atoms with E-state index in [9.17, 15) is 4.79 Å². The molecule has 6 nitrogen and oxygen atoms in total. The van der Waals surface area contributed by atoms with Crippen molar-refractivity contribution in [2.45, 2.75) is 19.3 Å². The zero-order valence-corrected chi connectivity index (χ0v) is 13.5. The average molecular weight is 324 g/mol. The van der Waals surface area contributed by atoms with Gasteiger partial charge in [0.2, 0.25) is 5.91 Å². The molecule has 22 heavy (non-hydrogen) atoms. The fraction of sp³-hybridized carbons (Fsp3) is 0.667. The Morgan fingerprint density at radius 2 is 1.77 bits per heavy atom. The third-order valence-electron chi connectivity index (χ3n) is 4.36.